The molecule has 0 unspecified atom stereocenters. The van der Waals surface area contributed by atoms with Crippen molar-refractivity contribution in [1.82, 2.24) is 39.2 Å². The lowest BCUT2D eigenvalue weighted by Crippen LogP contribution is -2.36. The van der Waals surface area contributed by atoms with Gasteiger partial charge < -0.3 is 15.7 Å². The fourth-order valence-corrected chi connectivity index (χ4v) is 3.78. The molecule has 1 aromatic carbocycles. The maximum Gasteiger partial charge on any atom is 0.293 e. The number of amides is 1. The minimum Gasteiger partial charge on any atom is -0.389 e. The Hall–Kier alpha value is -3.74. The molecule has 0 aliphatic heterocycles. The number of halogens is 2. The molecule has 0 bridgehead atoms. The summed E-state index contributed by atoms with van der Waals surface area (Å²) in [5.74, 6) is -1.43. The van der Waals surface area contributed by atoms with Crippen LogP contribution in [0.25, 0.3) is 16.6 Å². The molecule has 13 heteroatoms. The Morgan fingerprint density at radius 1 is 1.26 bits per heavy atom. The number of benzene rings is 1. The summed E-state index contributed by atoms with van der Waals surface area (Å²) >= 11 is 0. The van der Waals surface area contributed by atoms with E-state index in [4.69, 9.17) is 5.73 Å². The van der Waals surface area contributed by atoms with E-state index in [1.165, 1.54) is 15.5 Å². The van der Waals surface area contributed by atoms with Crippen LogP contribution < -0.4 is 5.73 Å². The molecule has 1 amide bonds. The summed E-state index contributed by atoms with van der Waals surface area (Å²) in [6, 6.07) is 1.77. The minimum absolute atomic E-state index is 0.0491. The van der Waals surface area contributed by atoms with Crippen LogP contribution in [0.3, 0.4) is 0 Å². The number of aromatic nitrogens is 7. The van der Waals surface area contributed by atoms with Gasteiger partial charge in [0.2, 0.25) is 11.8 Å². The van der Waals surface area contributed by atoms with E-state index in [0.717, 1.165) is 12.1 Å². The van der Waals surface area contributed by atoms with Crippen LogP contribution in [0.15, 0.2) is 18.5 Å². The number of carbonyl (C=O) groups is 1. The molecule has 3 aromatic heterocycles. The highest BCUT2D eigenvalue weighted by Gasteiger charge is 2.23. The minimum atomic E-state index is -0.978. The molecule has 0 spiro atoms. The van der Waals surface area contributed by atoms with E-state index in [9.17, 15) is 18.7 Å². The SMILES string of the molecule is C[C@@H](CCCc1nc2c3cc(F)cc(F)c3nc(N)n2n1)N(C)C(=O)c1ncn(CC(C)(C)O)n1. The molecular formula is C22H27F2N9O2. The van der Waals surface area contributed by atoms with E-state index in [2.05, 4.69) is 25.1 Å². The summed E-state index contributed by atoms with van der Waals surface area (Å²) in [6.45, 7) is 5.41. The van der Waals surface area contributed by atoms with Crippen LogP contribution in [0.5, 0.6) is 0 Å². The van der Waals surface area contributed by atoms with Crippen LogP contribution >= 0.6 is 0 Å². The number of carbonyl (C=O) groups excluding carboxylic acids is 1. The van der Waals surface area contributed by atoms with Crippen LogP contribution in [0.2, 0.25) is 0 Å². The van der Waals surface area contributed by atoms with Gasteiger partial charge in [0.05, 0.1) is 17.5 Å². The molecule has 4 rings (SSSR count). The van der Waals surface area contributed by atoms with Gasteiger partial charge in [-0.05, 0) is 39.7 Å². The third kappa shape index (κ3) is 5.19. The molecule has 186 valence electrons. The van der Waals surface area contributed by atoms with E-state index in [0.29, 0.717) is 25.1 Å². The first-order valence-electron chi connectivity index (χ1n) is 11.1. The molecule has 0 fully saturated rings. The quantitative estimate of drug-likeness (QED) is 0.384. The fraction of sp³-hybridized carbons (Fsp3) is 0.455. The van der Waals surface area contributed by atoms with Crippen LogP contribution in [-0.4, -0.2) is 69.0 Å². The Morgan fingerprint density at radius 2 is 2.00 bits per heavy atom. The second-order valence-corrected chi connectivity index (χ2v) is 9.25. The van der Waals surface area contributed by atoms with Crippen molar-refractivity contribution >= 4 is 28.4 Å². The molecule has 0 aliphatic carbocycles. The van der Waals surface area contributed by atoms with Crippen molar-refractivity contribution in [2.75, 3.05) is 12.8 Å². The average Bonchev–Trinajstić information content (AvgIpc) is 3.40. The van der Waals surface area contributed by atoms with Crippen molar-refractivity contribution in [3.63, 3.8) is 0 Å². The van der Waals surface area contributed by atoms with Crippen molar-refractivity contribution in [2.45, 2.75) is 58.2 Å². The predicted octanol–water partition coefficient (Wildman–Crippen LogP) is 1.98. The standard InChI is InChI=1S/C22H27F2N9O2/c1-12(31(4)20(34)18-26-11-32(30-18)10-22(2,3)35)6-5-7-16-27-19-14-8-13(23)9-15(24)17(14)28-21(25)33(19)29-16/h8-9,11-12,35H,5-7,10H2,1-4H3,(H2,25,28)/t12-/m0/s1. The van der Waals surface area contributed by atoms with Gasteiger partial charge in [0.1, 0.15) is 17.7 Å². The van der Waals surface area contributed by atoms with Gasteiger partial charge >= 0.3 is 0 Å². The van der Waals surface area contributed by atoms with Crippen molar-refractivity contribution in [2.24, 2.45) is 0 Å². The lowest BCUT2D eigenvalue weighted by molar-refractivity contribution is 0.0568. The van der Waals surface area contributed by atoms with E-state index in [1.807, 2.05) is 6.92 Å². The Morgan fingerprint density at radius 3 is 2.71 bits per heavy atom. The van der Waals surface area contributed by atoms with Crippen LogP contribution in [0.4, 0.5) is 14.7 Å². The maximum atomic E-state index is 14.1. The molecule has 35 heavy (non-hydrogen) atoms. The van der Waals surface area contributed by atoms with Gasteiger partial charge in [-0.3, -0.25) is 4.79 Å². The van der Waals surface area contributed by atoms with Crippen LogP contribution in [-0.2, 0) is 13.0 Å². The van der Waals surface area contributed by atoms with Crippen LogP contribution in [0.1, 0.15) is 50.1 Å². The van der Waals surface area contributed by atoms with Gasteiger partial charge in [-0.25, -0.2) is 28.4 Å². The molecule has 0 saturated heterocycles. The first-order chi connectivity index (χ1) is 16.4. The summed E-state index contributed by atoms with van der Waals surface area (Å²) < 4.78 is 30.6. The summed E-state index contributed by atoms with van der Waals surface area (Å²) in [4.78, 5) is 26.8. The summed E-state index contributed by atoms with van der Waals surface area (Å²) in [7, 11) is 1.68. The van der Waals surface area contributed by atoms with Gasteiger partial charge in [-0.1, -0.05) is 0 Å². The third-order valence-electron chi connectivity index (χ3n) is 5.64. The molecule has 0 saturated carbocycles. The van der Waals surface area contributed by atoms with E-state index in [1.54, 1.807) is 25.8 Å². The molecule has 11 nitrogen and oxygen atoms in total. The van der Waals surface area contributed by atoms with Gasteiger partial charge in [0.25, 0.3) is 5.91 Å². The number of fused-ring (bicyclic) bond motifs is 3. The van der Waals surface area contributed by atoms with Crippen molar-refractivity contribution < 1.29 is 18.7 Å². The maximum absolute atomic E-state index is 14.1. The number of anilines is 1. The highest BCUT2D eigenvalue weighted by Crippen LogP contribution is 2.23. The second-order valence-electron chi connectivity index (χ2n) is 9.25. The van der Waals surface area contributed by atoms with Crippen LogP contribution in [0, 0.1) is 11.6 Å². The van der Waals surface area contributed by atoms with E-state index < -0.39 is 17.2 Å². The Kier molecular flexibility index (Phi) is 6.36. The smallest absolute Gasteiger partial charge is 0.293 e. The highest BCUT2D eigenvalue weighted by atomic mass is 19.1. The van der Waals surface area contributed by atoms with Crippen molar-refractivity contribution in [1.29, 1.82) is 0 Å². The number of nitrogen functional groups attached to an aromatic ring is 1. The lowest BCUT2D eigenvalue weighted by Gasteiger charge is -2.23. The second kappa shape index (κ2) is 9.13. The molecule has 3 heterocycles. The highest BCUT2D eigenvalue weighted by molar-refractivity contribution is 5.92. The Labute approximate surface area is 199 Å². The van der Waals surface area contributed by atoms with Crippen molar-refractivity contribution in [3.05, 3.63) is 41.7 Å². The largest absolute Gasteiger partial charge is 0.389 e. The topological polar surface area (TPSA) is 140 Å². The molecule has 4 aromatic rings. The number of nitrogens with zero attached hydrogens (tertiary/aromatic N) is 8. The average molecular weight is 488 g/mol. The monoisotopic (exact) mass is 487 g/mol. The molecule has 0 radical (unpaired) electrons. The van der Waals surface area contributed by atoms with Gasteiger partial charge in [0.15, 0.2) is 17.3 Å². The summed E-state index contributed by atoms with van der Waals surface area (Å²) in [5.41, 5.74) is 5.09. The zero-order valence-electron chi connectivity index (χ0n) is 19.9. The van der Waals surface area contributed by atoms with Gasteiger partial charge in [-0.2, -0.15) is 4.52 Å². The molecule has 0 aliphatic rings. The Balaban J connectivity index is 1.41. The van der Waals surface area contributed by atoms with Gasteiger partial charge in [-0.15, -0.1) is 10.2 Å². The Bertz CT molecular complexity index is 1390. The zero-order chi connectivity index (χ0) is 25.5. The van der Waals surface area contributed by atoms with E-state index in [-0.39, 0.29) is 46.8 Å². The lowest BCUT2D eigenvalue weighted by atomic mass is 10.1. The number of nitrogens with two attached hydrogens (primary N) is 1. The number of rotatable bonds is 8. The zero-order valence-corrected chi connectivity index (χ0v) is 19.9. The molecular weight excluding hydrogens is 460 g/mol. The van der Waals surface area contributed by atoms with Gasteiger partial charge in [0, 0.05) is 25.6 Å². The van der Waals surface area contributed by atoms with E-state index >= 15 is 0 Å². The fourth-order valence-electron chi connectivity index (χ4n) is 3.78. The normalized spacial score (nSPS) is 13.0. The summed E-state index contributed by atoms with van der Waals surface area (Å²) in [6.07, 6.45) is 3.16. The first kappa shape index (κ1) is 24.4. The number of aliphatic hydroxyl groups is 1. The van der Waals surface area contributed by atoms with Crippen molar-refractivity contribution in [3.8, 4) is 0 Å². The predicted molar refractivity (Wildman–Crippen MR) is 123 cm³/mol. The summed E-state index contributed by atoms with van der Waals surface area (Å²) in [5, 5.41) is 18.6. The molecule has 3 N–H and O–H groups in total. The third-order valence-corrected chi connectivity index (χ3v) is 5.64. The number of hydrogen-bond donors (Lipinski definition) is 2. The number of aryl methyl sites for hydroxylation is 1. The first-order valence-corrected chi connectivity index (χ1v) is 11.1. The number of hydrogen-bond acceptors (Lipinski definition) is 8. The molecule has 1 atom stereocenters.